The Hall–Kier alpha value is -1.64. The summed E-state index contributed by atoms with van der Waals surface area (Å²) in [5.41, 5.74) is 0.336. The Morgan fingerprint density at radius 1 is 1.32 bits per heavy atom. The Morgan fingerprint density at radius 3 is 2.60 bits per heavy atom. The van der Waals surface area contributed by atoms with Crippen LogP contribution in [0.15, 0.2) is 23.1 Å². The van der Waals surface area contributed by atoms with Crippen molar-refractivity contribution in [2.24, 2.45) is 5.92 Å². The van der Waals surface area contributed by atoms with E-state index in [1.165, 1.54) is 45.1 Å². The number of nitrogens with zero attached hydrogens (tertiary/aromatic N) is 1. The average Bonchev–Trinajstić information content (AvgIpc) is 3.05. The summed E-state index contributed by atoms with van der Waals surface area (Å²) in [6, 6.07) is 4.42. The number of carbonyl (C=O) groups excluding carboxylic acids is 1. The molecule has 0 radical (unpaired) electrons. The molecule has 1 aliphatic heterocycles. The standard InChI is InChI=1S/C17H27N3O4S/c1-13(12-20-8-4-5-9-20)11-18-25(22,23)15-6-7-17(24-3)16(10-15)19-14(2)21/h6-7,10,13,18H,4-5,8-9,11-12H2,1-3H3,(H,19,21)/t13-/m1/s1. The van der Waals surface area contributed by atoms with Crippen LogP contribution in [0.3, 0.4) is 0 Å². The molecular weight excluding hydrogens is 342 g/mol. The molecule has 1 aromatic carbocycles. The Bertz CT molecular complexity index is 700. The van der Waals surface area contributed by atoms with Crippen molar-refractivity contribution < 1.29 is 17.9 Å². The van der Waals surface area contributed by atoms with Gasteiger partial charge in [-0.05, 0) is 50.0 Å². The Labute approximate surface area is 149 Å². The molecule has 1 atom stereocenters. The van der Waals surface area contributed by atoms with Crippen LogP contribution < -0.4 is 14.8 Å². The van der Waals surface area contributed by atoms with E-state index in [0.717, 1.165) is 19.6 Å². The SMILES string of the molecule is COc1ccc(S(=O)(=O)NC[C@@H](C)CN2CCCC2)cc1NC(C)=O. The second kappa shape index (κ2) is 8.64. The predicted molar refractivity (Wildman–Crippen MR) is 97.3 cm³/mol. The van der Waals surface area contributed by atoms with E-state index >= 15 is 0 Å². The third-order valence-corrected chi connectivity index (χ3v) is 5.60. The lowest BCUT2D eigenvalue weighted by molar-refractivity contribution is -0.114. The van der Waals surface area contributed by atoms with E-state index < -0.39 is 10.0 Å². The highest BCUT2D eigenvalue weighted by molar-refractivity contribution is 7.89. The van der Waals surface area contributed by atoms with E-state index in [9.17, 15) is 13.2 Å². The van der Waals surface area contributed by atoms with Gasteiger partial charge in [0.2, 0.25) is 15.9 Å². The maximum atomic E-state index is 12.5. The Morgan fingerprint density at radius 2 is 2.00 bits per heavy atom. The first-order valence-electron chi connectivity index (χ1n) is 8.49. The highest BCUT2D eigenvalue weighted by Gasteiger charge is 2.20. The van der Waals surface area contributed by atoms with E-state index in [4.69, 9.17) is 4.74 Å². The van der Waals surface area contributed by atoms with Crippen LogP contribution in [0.2, 0.25) is 0 Å². The van der Waals surface area contributed by atoms with Crippen LogP contribution in [0.4, 0.5) is 5.69 Å². The van der Waals surface area contributed by atoms with Gasteiger partial charge in [0.05, 0.1) is 17.7 Å². The van der Waals surface area contributed by atoms with Crippen molar-refractivity contribution in [2.45, 2.75) is 31.6 Å². The summed E-state index contributed by atoms with van der Waals surface area (Å²) in [6.07, 6.45) is 2.44. The van der Waals surface area contributed by atoms with Crippen molar-refractivity contribution in [1.29, 1.82) is 0 Å². The predicted octanol–water partition coefficient (Wildman–Crippen LogP) is 1.66. The van der Waals surface area contributed by atoms with E-state index in [-0.39, 0.29) is 16.7 Å². The van der Waals surface area contributed by atoms with E-state index in [2.05, 4.69) is 14.9 Å². The lowest BCUT2D eigenvalue weighted by Crippen LogP contribution is -2.34. The van der Waals surface area contributed by atoms with Crippen LogP contribution in [0.25, 0.3) is 0 Å². The first-order valence-corrected chi connectivity index (χ1v) is 9.98. The molecule has 1 fully saturated rings. The van der Waals surface area contributed by atoms with Crippen LogP contribution >= 0.6 is 0 Å². The van der Waals surface area contributed by atoms with Crippen molar-refractivity contribution >= 4 is 21.6 Å². The molecule has 8 heteroatoms. The summed E-state index contributed by atoms with van der Waals surface area (Å²) >= 11 is 0. The summed E-state index contributed by atoms with van der Waals surface area (Å²) < 4.78 is 32.9. The van der Waals surface area contributed by atoms with Crippen LogP contribution in [-0.4, -0.2) is 52.5 Å². The fourth-order valence-electron chi connectivity index (χ4n) is 2.95. The maximum absolute atomic E-state index is 12.5. The molecule has 140 valence electrons. The molecule has 0 spiro atoms. The molecule has 2 rings (SSSR count). The molecule has 1 aromatic rings. The van der Waals surface area contributed by atoms with Gasteiger partial charge in [-0.3, -0.25) is 4.79 Å². The molecule has 0 aromatic heterocycles. The highest BCUT2D eigenvalue weighted by Crippen LogP contribution is 2.27. The third-order valence-electron chi connectivity index (χ3n) is 4.18. The number of carbonyl (C=O) groups is 1. The van der Waals surface area contributed by atoms with Crippen LogP contribution in [0.5, 0.6) is 5.75 Å². The van der Waals surface area contributed by atoms with Crippen molar-refractivity contribution in [3.05, 3.63) is 18.2 Å². The smallest absolute Gasteiger partial charge is 0.240 e. The number of rotatable bonds is 8. The number of nitrogens with one attached hydrogen (secondary N) is 2. The second-order valence-corrected chi connectivity index (χ2v) is 8.28. The Kier molecular flexibility index (Phi) is 6.80. The second-order valence-electron chi connectivity index (χ2n) is 6.51. The van der Waals surface area contributed by atoms with Crippen LogP contribution in [0.1, 0.15) is 26.7 Å². The molecule has 0 unspecified atom stereocenters. The first kappa shape index (κ1) is 19.7. The van der Waals surface area contributed by atoms with Crippen molar-refractivity contribution in [1.82, 2.24) is 9.62 Å². The zero-order valence-electron chi connectivity index (χ0n) is 15.0. The molecular formula is C17H27N3O4S. The van der Waals surface area contributed by atoms with E-state index in [1.54, 1.807) is 0 Å². The van der Waals surface area contributed by atoms with Gasteiger partial charge in [0.1, 0.15) is 5.75 Å². The highest BCUT2D eigenvalue weighted by atomic mass is 32.2. The van der Waals surface area contributed by atoms with Gasteiger partial charge < -0.3 is 15.0 Å². The molecule has 0 saturated carbocycles. The zero-order chi connectivity index (χ0) is 18.4. The maximum Gasteiger partial charge on any atom is 0.240 e. The molecule has 0 bridgehead atoms. The molecule has 1 heterocycles. The van der Waals surface area contributed by atoms with Gasteiger partial charge >= 0.3 is 0 Å². The minimum Gasteiger partial charge on any atom is -0.495 e. The van der Waals surface area contributed by atoms with Gasteiger partial charge in [-0.2, -0.15) is 0 Å². The number of benzene rings is 1. The molecule has 1 aliphatic rings. The van der Waals surface area contributed by atoms with Crippen molar-refractivity contribution in [3.63, 3.8) is 0 Å². The van der Waals surface area contributed by atoms with Crippen LogP contribution in [-0.2, 0) is 14.8 Å². The number of hydrogen-bond acceptors (Lipinski definition) is 5. The third kappa shape index (κ3) is 5.69. The van der Waals surface area contributed by atoms with Gasteiger partial charge in [0.15, 0.2) is 0 Å². The van der Waals surface area contributed by atoms with Crippen molar-refractivity contribution in [2.75, 3.05) is 38.6 Å². The van der Waals surface area contributed by atoms with Gasteiger partial charge in [-0.25, -0.2) is 13.1 Å². The zero-order valence-corrected chi connectivity index (χ0v) is 15.9. The van der Waals surface area contributed by atoms with Crippen molar-refractivity contribution in [3.8, 4) is 5.75 Å². The first-order chi connectivity index (χ1) is 11.8. The lowest BCUT2D eigenvalue weighted by atomic mass is 10.2. The average molecular weight is 369 g/mol. The summed E-state index contributed by atoms with van der Waals surface area (Å²) in [6.45, 7) is 6.85. The minimum absolute atomic E-state index is 0.102. The van der Waals surface area contributed by atoms with Gasteiger partial charge in [-0.15, -0.1) is 0 Å². The van der Waals surface area contributed by atoms with Crippen LogP contribution in [0, 0.1) is 5.92 Å². The minimum atomic E-state index is -3.65. The molecule has 2 N–H and O–H groups in total. The number of ether oxygens (including phenoxy) is 1. The van der Waals surface area contributed by atoms with Gasteiger partial charge in [0, 0.05) is 20.0 Å². The quantitative estimate of drug-likeness (QED) is 0.728. The molecule has 1 amide bonds. The summed E-state index contributed by atoms with van der Waals surface area (Å²) in [5.74, 6) is 0.345. The number of likely N-dealkylation sites (tertiary alicyclic amines) is 1. The van der Waals surface area contributed by atoms with E-state index in [1.807, 2.05) is 6.92 Å². The fraction of sp³-hybridized carbons (Fsp3) is 0.588. The largest absolute Gasteiger partial charge is 0.495 e. The Balaban J connectivity index is 2.03. The molecule has 25 heavy (non-hydrogen) atoms. The lowest BCUT2D eigenvalue weighted by Gasteiger charge is -2.20. The fourth-order valence-corrected chi connectivity index (χ4v) is 4.14. The molecule has 0 aliphatic carbocycles. The topological polar surface area (TPSA) is 87.7 Å². The number of amides is 1. The summed E-state index contributed by atoms with van der Waals surface area (Å²) in [4.78, 5) is 13.8. The monoisotopic (exact) mass is 369 g/mol. The summed E-state index contributed by atoms with van der Waals surface area (Å²) in [7, 11) is -2.18. The molecule has 7 nitrogen and oxygen atoms in total. The van der Waals surface area contributed by atoms with E-state index in [0.29, 0.717) is 18.0 Å². The van der Waals surface area contributed by atoms with Gasteiger partial charge in [-0.1, -0.05) is 6.92 Å². The number of hydrogen-bond donors (Lipinski definition) is 2. The number of sulfonamides is 1. The normalized spacial score (nSPS) is 16.6. The van der Waals surface area contributed by atoms with Gasteiger partial charge in [0.25, 0.3) is 0 Å². The number of methoxy groups -OCH3 is 1. The molecule has 1 saturated heterocycles. The number of anilines is 1. The summed E-state index contributed by atoms with van der Waals surface area (Å²) in [5, 5.41) is 2.59.